The lowest BCUT2D eigenvalue weighted by atomic mass is 10.2. The molecule has 0 spiro atoms. The topological polar surface area (TPSA) is 109 Å². The van der Waals surface area contributed by atoms with Gasteiger partial charge in [0.25, 0.3) is 0 Å². The number of para-hydroxylation sites is 1. The summed E-state index contributed by atoms with van der Waals surface area (Å²) >= 11 is 0. The van der Waals surface area contributed by atoms with Crippen molar-refractivity contribution in [1.82, 2.24) is 5.43 Å². The molecule has 0 aliphatic carbocycles. The highest BCUT2D eigenvalue weighted by Gasteiger charge is 2.15. The Hall–Kier alpha value is -3.55. The van der Waals surface area contributed by atoms with Crippen LogP contribution in [-0.4, -0.2) is 37.4 Å². The van der Waals surface area contributed by atoms with E-state index in [0.29, 0.717) is 17.0 Å². The molecule has 0 saturated heterocycles. The number of hydrogen-bond acceptors (Lipinski definition) is 6. The highest BCUT2D eigenvalue weighted by Crippen LogP contribution is 2.28. The van der Waals surface area contributed by atoms with E-state index in [1.54, 1.807) is 30.3 Å². The van der Waals surface area contributed by atoms with Crippen LogP contribution in [0.4, 0.5) is 5.69 Å². The summed E-state index contributed by atoms with van der Waals surface area (Å²) in [6.45, 7) is 1.85. The highest BCUT2D eigenvalue weighted by atomic mass is 16.5. The van der Waals surface area contributed by atoms with Crippen molar-refractivity contribution in [3.8, 4) is 17.2 Å². The van der Waals surface area contributed by atoms with Crippen LogP contribution in [0.5, 0.6) is 17.2 Å². The normalized spacial score (nSPS) is 10.4. The number of anilines is 1. The SMILES string of the molecule is COc1ccc(C)cc1NC(=O)C(=O)N/N=C/c1cccc(OC)c1O. The number of phenols is 1. The van der Waals surface area contributed by atoms with Gasteiger partial charge in [-0.05, 0) is 36.8 Å². The molecule has 0 heterocycles. The lowest BCUT2D eigenvalue weighted by Gasteiger charge is -2.10. The van der Waals surface area contributed by atoms with Crippen molar-refractivity contribution < 1.29 is 24.2 Å². The van der Waals surface area contributed by atoms with Gasteiger partial charge in [-0.25, -0.2) is 5.43 Å². The number of phenolic OH excluding ortho intramolecular Hbond substituents is 1. The van der Waals surface area contributed by atoms with E-state index in [4.69, 9.17) is 9.47 Å². The van der Waals surface area contributed by atoms with Crippen molar-refractivity contribution in [2.45, 2.75) is 6.92 Å². The Balaban J connectivity index is 2.02. The monoisotopic (exact) mass is 357 g/mol. The fraction of sp³-hybridized carbons (Fsp3) is 0.167. The molecule has 2 aromatic carbocycles. The Morgan fingerprint density at radius 2 is 1.81 bits per heavy atom. The van der Waals surface area contributed by atoms with Crippen LogP contribution >= 0.6 is 0 Å². The predicted molar refractivity (Wildman–Crippen MR) is 96.8 cm³/mol. The molecule has 2 aromatic rings. The lowest BCUT2D eigenvalue weighted by molar-refractivity contribution is -0.136. The van der Waals surface area contributed by atoms with Gasteiger partial charge in [0, 0.05) is 5.56 Å². The molecule has 0 fully saturated rings. The minimum Gasteiger partial charge on any atom is -0.504 e. The smallest absolute Gasteiger partial charge is 0.329 e. The van der Waals surface area contributed by atoms with Gasteiger partial charge in [0.05, 0.1) is 26.1 Å². The number of amides is 2. The molecule has 0 saturated carbocycles. The number of methoxy groups -OCH3 is 2. The fourth-order valence-corrected chi connectivity index (χ4v) is 2.12. The number of carbonyl (C=O) groups is 2. The molecule has 8 heteroatoms. The zero-order valence-electron chi connectivity index (χ0n) is 14.6. The van der Waals surface area contributed by atoms with E-state index in [1.165, 1.54) is 20.4 Å². The second kappa shape index (κ2) is 8.52. The van der Waals surface area contributed by atoms with Crippen LogP contribution in [0.15, 0.2) is 41.5 Å². The van der Waals surface area contributed by atoms with Crippen LogP contribution in [0.2, 0.25) is 0 Å². The largest absolute Gasteiger partial charge is 0.504 e. The number of nitrogens with one attached hydrogen (secondary N) is 2. The van der Waals surface area contributed by atoms with Crippen molar-refractivity contribution in [3.63, 3.8) is 0 Å². The van der Waals surface area contributed by atoms with Gasteiger partial charge >= 0.3 is 11.8 Å². The van der Waals surface area contributed by atoms with Crippen molar-refractivity contribution in [1.29, 1.82) is 0 Å². The van der Waals surface area contributed by atoms with Gasteiger partial charge in [-0.2, -0.15) is 5.10 Å². The number of ether oxygens (including phenoxy) is 2. The molecule has 0 aliphatic rings. The van der Waals surface area contributed by atoms with Crippen molar-refractivity contribution >= 4 is 23.7 Å². The second-order valence-corrected chi connectivity index (χ2v) is 5.26. The van der Waals surface area contributed by atoms with Crippen LogP contribution in [0, 0.1) is 6.92 Å². The molecule has 26 heavy (non-hydrogen) atoms. The Morgan fingerprint density at radius 1 is 1.08 bits per heavy atom. The van der Waals surface area contributed by atoms with Gasteiger partial charge in [0.15, 0.2) is 11.5 Å². The lowest BCUT2D eigenvalue weighted by Crippen LogP contribution is -2.32. The first-order valence-electron chi connectivity index (χ1n) is 7.61. The Bertz CT molecular complexity index is 849. The number of carbonyl (C=O) groups excluding carboxylic acids is 2. The summed E-state index contributed by atoms with van der Waals surface area (Å²) in [5.74, 6) is -1.29. The standard InChI is InChI=1S/C18H19N3O5/c1-11-7-8-14(25-2)13(9-11)20-17(23)18(24)21-19-10-12-5-4-6-15(26-3)16(12)22/h4-10,22H,1-3H3,(H,20,23)(H,21,24)/b19-10+. The summed E-state index contributed by atoms with van der Waals surface area (Å²) in [6, 6.07) is 9.99. The number of hydrogen-bond donors (Lipinski definition) is 3. The Labute approximate surface area is 150 Å². The molecule has 8 nitrogen and oxygen atoms in total. The molecular weight excluding hydrogens is 338 g/mol. The number of nitrogens with zero attached hydrogens (tertiary/aromatic N) is 1. The molecule has 2 rings (SSSR count). The first kappa shape index (κ1) is 18.8. The first-order chi connectivity index (χ1) is 12.5. The summed E-state index contributed by atoms with van der Waals surface area (Å²) in [5.41, 5.74) is 3.69. The molecule has 2 amide bonds. The quantitative estimate of drug-likeness (QED) is 0.429. The second-order valence-electron chi connectivity index (χ2n) is 5.26. The Morgan fingerprint density at radius 3 is 2.50 bits per heavy atom. The summed E-state index contributed by atoms with van der Waals surface area (Å²) in [5, 5.41) is 16.0. The molecule has 0 aliphatic heterocycles. The van der Waals surface area contributed by atoms with Crippen LogP contribution in [-0.2, 0) is 9.59 Å². The van der Waals surface area contributed by atoms with Crippen LogP contribution in [0.25, 0.3) is 0 Å². The number of rotatable bonds is 5. The maximum Gasteiger partial charge on any atom is 0.329 e. The number of aromatic hydroxyl groups is 1. The molecule has 0 aromatic heterocycles. The minimum atomic E-state index is -0.966. The minimum absolute atomic E-state index is 0.123. The van der Waals surface area contributed by atoms with Crippen molar-refractivity contribution in [3.05, 3.63) is 47.5 Å². The molecule has 136 valence electrons. The van der Waals surface area contributed by atoms with Gasteiger partial charge < -0.3 is 19.9 Å². The van der Waals surface area contributed by atoms with E-state index in [1.807, 2.05) is 13.0 Å². The van der Waals surface area contributed by atoms with E-state index in [9.17, 15) is 14.7 Å². The third-order valence-corrected chi connectivity index (χ3v) is 3.43. The van der Waals surface area contributed by atoms with Crippen LogP contribution in [0.3, 0.4) is 0 Å². The summed E-state index contributed by atoms with van der Waals surface area (Å²) < 4.78 is 10.1. The molecule has 3 N–H and O–H groups in total. The van der Waals surface area contributed by atoms with E-state index in [2.05, 4.69) is 15.8 Å². The zero-order chi connectivity index (χ0) is 19.1. The third kappa shape index (κ3) is 4.50. The number of benzene rings is 2. The summed E-state index contributed by atoms with van der Waals surface area (Å²) in [7, 11) is 2.88. The number of aryl methyl sites for hydroxylation is 1. The van der Waals surface area contributed by atoms with Crippen LogP contribution in [0.1, 0.15) is 11.1 Å². The van der Waals surface area contributed by atoms with Crippen molar-refractivity contribution in [2.75, 3.05) is 19.5 Å². The Kier molecular flexibility index (Phi) is 6.15. The molecule has 0 radical (unpaired) electrons. The predicted octanol–water partition coefficient (Wildman–Crippen LogP) is 1.81. The summed E-state index contributed by atoms with van der Waals surface area (Å²) in [6.07, 6.45) is 1.20. The van der Waals surface area contributed by atoms with Gasteiger partial charge in [-0.15, -0.1) is 0 Å². The molecule has 0 unspecified atom stereocenters. The maximum absolute atomic E-state index is 12.0. The first-order valence-corrected chi connectivity index (χ1v) is 7.61. The zero-order valence-corrected chi connectivity index (χ0v) is 14.6. The molecular formula is C18H19N3O5. The van der Waals surface area contributed by atoms with Crippen molar-refractivity contribution in [2.24, 2.45) is 5.10 Å². The summed E-state index contributed by atoms with van der Waals surface area (Å²) in [4.78, 5) is 23.8. The highest BCUT2D eigenvalue weighted by molar-refractivity contribution is 6.39. The average molecular weight is 357 g/mol. The van der Waals surface area contributed by atoms with E-state index < -0.39 is 11.8 Å². The average Bonchev–Trinajstić information content (AvgIpc) is 2.63. The van der Waals surface area contributed by atoms with Gasteiger partial charge in [0.2, 0.25) is 0 Å². The van der Waals surface area contributed by atoms with E-state index >= 15 is 0 Å². The third-order valence-electron chi connectivity index (χ3n) is 3.43. The van der Waals surface area contributed by atoms with Gasteiger partial charge in [-0.1, -0.05) is 12.1 Å². The van der Waals surface area contributed by atoms with E-state index in [-0.39, 0.29) is 11.5 Å². The van der Waals surface area contributed by atoms with E-state index in [0.717, 1.165) is 5.56 Å². The number of hydrazone groups is 1. The molecule has 0 atom stereocenters. The molecule has 0 bridgehead atoms. The van der Waals surface area contributed by atoms with Gasteiger partial charge in [0.1, 0.15) is 5.75 Å². The fourth-order valence-electron chi connectivity index (χ4n) is 2.12. The van der Waals surface area contributed by atoms with Crippen LogP contribution < -0.4 is 20.2 Å². The maximum atomic E-state index is 12.0. The van der Waals surface area contributed by atoms with Gasteiger partial charge in [-0.3, -0.25) is 9.59 Å².